The van der Waals surface area contributed by atoms with Crippen molar-refractivity contribution in [3.8, 4) is 17.6 Å². The molecule has 1 amide bonds. The Morgan fingerprint density at radius 3 is 2.34 bits per heavy atom. The van der Waals surface area contributed by atoms with Crippen LogP contribution in [-0.4, -0.2) is 43.0 Å². The predicted octanol–water partition coefficient (Wildman–Crippen LogP) is 4.30. The monoisotopic (exact) mass is 473 g/mol. The van der Waals surface area contributed by atoms with Gasteiger partial charge in [-0.05, 0) is 65.1 Å². The van der Waals surface area contributed by atoms with Gasteiger partial charge in [0.15, 0.2) is 11.5 Å². The second kappa shape index (κ2) is 11.0. The summed E-state index contributed by atoms with van der Waals surface area (Å²) in [6, 6.07) is 19.8. The van der Waals surface area contributed by atoms with Gasteiger partial charge in [0, 0.05) is 26.2 Å². The van der Waals surface area contributed by atoms with Crippen LogP contribution in [0.2, 0.25) is 0 Å². The van der Waals surface area contributed by atoms with E-state index >= 15 is 0 Å². The Morgan fingerprint density at radius 2 is 1.69 bits per heavy atom. The number of carbonyl (C=O) groups is 1. The van der Waals surface area contributed by atoms with Crippen LogP contribution >= 0.6 is 0 Å². The molecule has 4 rings (SSSR count). The second-order valence-electron chi connectivity index (χ2n) is 8.63. The molecule has 3 aromatic rings. The molecule has 0 unspecified atom stereocenters. The normalized spacial score (nSPS) is 12.7. The summed E-state index contributed by atoms with van der Waals surface area (Å²) in [4.78, 5) is 17.2. The molecule has 1 heterocycles. The molecule has 0 spiro atoms. The molecule has 0 radical (unpaired) electrons. The number of hydrogen-bond donors (Lipinski definition) is 0. The number of halogens is 1. The fraction of sp³-hybridized carbons (Fsp3) is 0.286. The van der Waals surface area contributed by atoms with Crippen molar-refractivity contribution < 1.29 is 18.7 Å². The zero-order valence-electron chi connectivity index (χ0n) is 20.0. The maximum Gasteiger partial charge on any atom is 0.237 e. The summed E-state index contributed by atoms with van der Waals surface area (Å²) in [7, 11) is 3.22. The molecule has 6 nitrogen and oxygen atoms in total. The minimum absolute atomic E-state index is 0.00971. The lowest BCUT2D eigenvalue weighted by Crippen LogP contribution is -2.42. The number of nitriles is 1. The average Bonchev–Trinajstić information content (AvgIpc) is 2.87. The van der Waals surface area contributed by atoms with Gasteiger partial charge in [0.1, 0.15) is 5.82 Å². The maximum atomic E-state index is 13.8. The van der Waals surface area contributed by atoms with Gasteiger partial charge in [-0.1, -0.05) is 24.3 Å². The van der Waals surface area contributed by atoms with Gasteiger partial charge in [0.2, 0.25) is 5.91 Å². The lowest BCUT2D eigenvalue weighted by atomic mass is 9.98. The molecular formula is C28H28FN3O3. The van der Waals surface area contributed by atoms with E-state index in [1.165, 1.54) is 12.1 Å². The lowest BCUT2D eigenvalue weighted by Gasteiger charge is -2.32. The number of ether oxygens (including phenoxy) is 2. The number of rotatable bonds is 8. The Bertz CT molecular complexity index is 1240. The lowest BCUT2D eigenvalue weighted by molar-refractivity contribution is -0.133. The van der Waals surface area contributed by atoms with E-state index in [-0.39, 0.29) is 18.3 Å². The van der Waals surface area contributed by atoms with Crippen LogP contribution in [0.5, 0.6) is 11.5 Å². The number of hydrogen-bond acceptors (Lipinski definition) is 5. The molecule has 0 fully saturated rings. The van der Waals surface area contributed by atoms with Crippen molar-refractivity contribution in [1.29, 1.82) is 5.26 Å². The molecule has 0 aliphatic carbocycles. The largest absolute Gasteiger partial charge is 0.493 e. The molecule has 3 aromatic carbocycles. The SMILES string of the molecule is COc1cc2c(cc1OC)CN(C(=O)CN(Cc1ccc(C#N)cc1)Cc1cccc(F)c1)CC2. The Labute approximate surface area is 205 Å². The first-order chi connectivity index (χ1) is 17.0. The Hall–Kier alpha value is -3.89. The van der Waals surface area contributed by atoms with Gasteiger partial charge >= 0.3 is 0 Å². The van der Waals surface area contributed by atoms with E-state index in [2.05, 4.69) is 6.07 Å². The Morgan fingerprint density at radius 1 is 1.00 bits per heavy atom. The number of methoxy groups -OCH3 is 2. The number of amides is 1. The molecule has 0 atom stereocenters. The van der Waals surface area contributed by atoms with Crippen LogP contribution in [0.4, 0.5) is 4.39 Å². The van der Waals surface area contributed by atoms with Crippen LogP contribution in [0.25, 0.3) is 0 Å². The predicted molar refractivity (Wildman–Crippen MR) is 130 cm³/mol. The van der Waals surface area contributed by atoms with Crippen molar-refractivity contribution in [2.24, 2.45) is 0 Å². The first-order valence-electron chi connectivity index (χ1n) is 11.5. The molecule has 35 heavy (non-hydrogen) atoms. The molecule has 7 heteroatoms. The maximum absolute atomic E-state index is 13.8. The van der Waals surface area contributed by atoms with Crippen LogP contribution in [-0.2, 0) is 30.8 Å². The molecular weight excluding hydrogens is 445 g/mol. The Kier molecular flexibility index (Phi) is 7.64. The summed E-state index contributed by atoms with van der Waals surface area (Å²) in [6.45, 7) is 2.24. The highest BCUT2D eigenvalue weighted by molar-refractivity contribution is 5.78. The fourth-order valence-corrected chi connectivity index (χ4v) is 4.39. The Balaban J connectivity index is 1.50. The van der Waals surface area contributed by atoms with Crippen molar-refractivity contribution in [3.63, 3.8) is 0 Å². The van der Waals surface area contributed by atoms with E-state index in [9.17, 15) is 9.18 Å². The molecule has 0 aromatic heterocycles. The third kappa shape index (κ3) is 5.97. The molecule has 180 valence electrons. The molecule has 0 bridgehead atoms. The van der Waals surface area contributed by atoms with Gasteiger partial charge in [-0.25, -0.2) is 4.39 Å². The number of benzene rings is 3. The topological polar surface area (TPSA) is 65.8 Å². The minimum Gasteiger partial charge on any atom is -0.493 e. The molecule has 1 aliphatic heterocycles. The van der Waals surface area contributed by atoms with Gasteiger partial charge in [-0.2, -0.15) is 5.26 Å². The smallest absolute Gasteiger partial charge is 0.237 e. The van der Waals surface area contributed by atoms with E-state index in [4.69, 9.17) is 14.7 Å². The van der Waals surface area contributed by atoms with Gasteiger partial charge < -0.3 is 14.4 Å². The summed E-state index contributed by atoms with van der Waals surface area (Å²) < 4.78 is 24.6. The third-order valence-electron chi connectivity index (χ3n) is 6.21. The molecule has 0 N–H and O–H groups in total. The highest BCUT2D eigenvalue weighted by Crippen LogP contribution is 2.33. The summed E-state index contributed by atoms with van der Waals surface area (Å²) in [5.74, 6) is 1.04. The molecule has 0 saturated carbocycles. The second-order valence-corrected chi connectivity index (χ2v) is 8.63. The first kappa shape index (κ1) is 24.2. The number of fused-ring (bicyclic) bond motifs is 1. The van der Waals surface area contributed by atoms with E-state index in [0.29, 0.717) is 43.2 Å². The van der Waals surface area contributed by atoms with Gasteiger partial charge in [-0.15, -0.1) is 0 Å². The van der Waals surface area contributed by atoms with Gasteiger partial charge in [0.05, 0.1) is 32.4 Å². The van der Waals surface area contributed by atoms with Crippen molar-refractivity contribution in [2.75, 3.05) is 27.3 Å². The summed E-state index contributed by atoms with van der Waals surface area (Å²) >= 11 is 0. The minimum atomic E-state index is -0.302. The first-order valence-corrected chi connectivity index (χ1v) is 11.5. The van der Waals surface area contributed by atoms with Crippen LogP contribution < -0.4 is 9.47 Å². The number of carbonyl (C=O) groups excluding carboxylic acids is 1. The van der Waals surface area contributed by atoms with Crippen molar-refractivity contribution in [1.82, 2.24) is 9.80 Å². The standard InChI is InChI=1S/C28H28FN3O3/c1-34-26-13-23-10-11-32(18-24(23)14-27(26)35-2)28(33)19-31(17-22-4-3-5-25(29)12-22)16-21-8-6-20(15-30)7-9-21/h3-9,12-14H,10-11,16-19H2,1-2H3. The zero-order valence-corrected chi connectivity index (χ0v) is 20.0. The zero-order chi connectivity index (χ0) is 24.8. The average molecular weight is 474 g/mol. The van der Waals surface area contributed by atoms with Gasteiger partial charge in [0.25, 0.3) is 0 Å². The van der Waals surface area contributed by atoms with Crippen LogP contribution in [0.15, 0.2) is 60.7 Å². The van der Waals surface area contributed by atoms with Crippen molar-refractivity contribution >= 4 is 5.91 Å². The summed E-state index contributed by atoms with van der Waals surface area (Å²) in [6.07, 6.45) is 0.737. The van der Waals surface area contributed by atoms with E-state index in [1.54, 1.807) is 32.4 Å². The van der Waals surface area contributed by atoms with E-state index in [0.717, 1.165) is 28.7 Å². The third-order valence-corrected chi connectivity index (χ3v) is 6.21. The van der Waals surface area contributed by atoms with Crippen LogP contribution in [0.1, 0.15) is 27.8 Å². The van der Waals surface area contributed by atoms with Crippen molar-refractivity contribution in [3.05, 3.63) is 94.3 Å². The number of nitrogens with zero attached hydrogens (tertiary/aromatic N) is 3. The molecule has 1 aliphatic rings. The van der Waals surface area contributed by atoms with Gasteiger partial charge in [-0.3, -0.25) is 9.69 Å². The fourth-order valence-electron chi connectivity index (χ4n) is 4.39. The van der Waals surface area contributed by atoms with E-state index in [1.807, 2.05) is 40.1 Å². The van der Waals surface area contributed by atoms with Crippen LogP contribution in [0, 0.1) is 17.1 Å². The van der Waals surface area contributed by atoms with Crippen molar-refractivity contribution in [2.45, 2.75) is 26.1 Å². The molecule has 0 saturated heterocycles. The highest BCUT2D eigenvalue weighted by Gasteiger charge is 2.24. The quantitative estimate of drug-likeness (QED) is 0.488. The summed E-state index contributed by atoms with van der Waals surface area (Å²) in [5, 5.41) is 9.07. The highest BCUT2D eigenvalue weighted by atomic mass is 19.1. The summed E-state index contributed by atoms with van der Waals surface area (Å²) in [5.41, 5.74) is 4.56. The van der Waals surface area contributed by atoms with E-state index < -0.39 is 0 Å². The van der Waals surface area contributed by atoms with Crippen LogP contribution in [0.3, 0.4) is 0 Å².